The molecule has 0 bridgehead atoms. The number of rotatable bonds is 15. The largest absolute Gasteiger partial charge is 0.416 e. The lowest BCUT2D eigenvalue weighted by atomic mass is 9.99. The fourth-order valence-corrected chi connectivity index (χ4v) is 6.54. The van der Waals surface area contributed by atoms with E-state index >= 15 is 0 Å². The van der Waals surface area contributed by atoms with Crippen LogP contribution in [0.4, 0.5) is 13.2 Å². The van der Waals surface area contributed by atoms with Crippen LogP contribution in [0.15, 0.2) is 53.4 Å². The topological polar surface area (TPSA) is 214 Å². The summed E-state index contributed by atoms with van der Waals surface area (Å²) in [5.74, 6) is -2.40. The molecule has 2 aromatic carbocycles. The maximum Gasteiger partial charge on any atom is 0.416 e. The molecule has 0 unspecified atom stereocenters. The number of halogens is 3. The Bertz CT molecular complexity index is 1450. The summed E-state index contributed by atoms with van der Waals surface area (Å²) in [6.45, 7) is 1.36. The predicted molar refractivity (Wildman–Crippen MR) is 167 cm³/mol. The van der Waals surface area contributed by atoms with Gasteiger partial charge in [-0.1, -0.05) is 30.7 Å². The van der Waals surface area contributed by atoms with Crippen LogP contribution in [0.2, 0.25) is 0 Å². The highest BCUT2D eigenvalue weighted by atomic mass is 32.2. The lowest BCUT2D eigenvalue weighted by Gasteiger charge is -2.27. The van der Waals surface area contributed by atoms with Crippen LogP contribution in [0.1, 0.15) is 48.5 Å². The van der Waals surface area contributed by atoms with Crippen molar-refractivity contribution < 1.29 is 41.1 Å². The van der Waals surface area contributed by atoms with Gasteiger partial charge in [-0.2, -0.15) is 17.5 Å². The van der Waals surface area contributed by atoms with Crippen molar-refractivity contribution in [2.45, 2.75) is 61.5 Å². The van der Waals surface area contributed by atoms with Crippen molar-refractivity contribution in [3.05, 3.63) is 65.2 Å². The van der Waals surface area contributed by atoms with Gasteiger partial charge >= 0.3 is 6.18 Å². The summed E-state index contributed by atoms with van der Waals surface area (Å²) < 4.78 is 66.6. The number of amides is 3. The van der Waals surface area contributed by atoms with Crippen molar-refractivity contribution in [1.29, 1.82) is 0 Å². The average Bonchev–Trinajstić information content (AvgIpc) is 3.05. The van der Waals surface area contributed by atoms with Gasteiger partial charge in [0.05, 0.1) is 22.9 Å². The first-order valence-corrected chi connectivity index (χ1v) is 16.6. The zero-order chi connectivity index (χ0) is 34.8. The van der Waals surface area contributed by atoms with Crippen molar-refractivity contribution in [2.75, 3.05) is 39.3 Å². The Kier molecular flexibility index (Phi) is 13.7. The van der Waals surface area contributed by atoms with E-state index in [1.54, 1.807) is 0 Å². The van der Waals surface area contributed by atoms with Gasteiger partial charge in [-0.05, 0) is 48.2 Å². The van der Waals surface area contributed by atoms with E-state index in [0.29, 0.717) is 18.7 Å². The normalized spacial score (nSPS) is 16.1. The fourth-order valence-electron chi connectivity index (χ4n) is 5.03. The Morgan fingerprint density at radius 1 is 0.915 bits per heavy atom. The number of carbonyl (C=O) groups is 3. The van der Waals surface area contributed by atoms with Crippen LogP contribution >= 0.6 is 0 Å². The molecule has 260 valence electrons. The Hall–Kier alpha value is -3.61. The maximum atomic E-state index is 13.3. The molecule has 3 amide bonds. The number of carbonyl (C=O) groups excluding carboxylic acids is 3. The second-order valence-corrected chi connectivity index (χ2v) is 13.1. The van der Waals surface area contributed by atoms with Crippen molar-refractivity contribution in [3.63, 3.8) is 0 Å². The number of alkyl halides is 3. The minimum absolute atomic E-state index is 0.0948. The van der Waals surface area contributed by atoms with Gasteiger partial charge in [-0.15, -0.1) is 0 Å². The molecule has 0 aliphatic carbocycles. The number of hydrogen-bond acceptors (Lipinski definition) is 9. The minimum Gasteiger partial charge on any atom is -0.386 e. The highest BCUT2D eigenvalue weighted by Gasteiger charge is 2.34. The molecular weight excluding hydrogens is 643 g/mol. The third-order valence-corrected chi connectivity index (χ3v) is 9.61. The Balaban J connectivity index is 1.76. The zero-order valence-corrected chi connectivity index (χ0v) is 26.6. The third kappa shape index (κ3) is 10.4. The van der Waals surface area contributed by atoms with Gasteiger partial charge in [-0.3, -0.25) is 14.4 Å². The first-order valence-electron chi connectivity index (χ1n) is 15.1. The average molecular weight is 686 g/mol. The first-order chi connectivity index (χ1) is 22.2. The molecule has 0 radical (unpaired) electrons. The van der Waals surface area contributed by atoms with Gasteiger partial charge in [0.2, 0.25) is 27.7 Å². The molecule has 1 aliphatic heterocycles. The standard InChI is InChI=1S/C30H42F3N7O6S/c31-30(32,33)22-8-6-21(7-9-22)27(42)26(38-28(43)24(36)18-25(41)39(16-12-34)17-13-35)29(44)37-19-20-4-10-23(11-5-20)47(45,46)40-14-2-1-3-15-40/h4-11,24,26-27,42H,1-3,12-19,34-36H2,(H,37,44)(H,38,43)/t24-,26-,27+/m0/s1. The molecule has 0 spiro atoms. The molecule has 13 nitrogen and oxygen atoms in total. The number of hydrogen-bond donors (Lipinski definition) is 6. The Morgan fingerprint density at radius 3 is 2.02 bits per heavy atom. The molecule has 17 heteroatoms. The number of nitrogens with two attached hydrogens (primary N) is 3. The smallest absolute Gasteiger partial charge is 0.386 e. The maximum absolute atomic E-state index is 13.3. The van der Waals surface area contributed by atoms with Crippen LogP contribution in [-0.4, -0.2) is 91.8 Å². The minimum atomic E-state index is -4.64. The number of sulfonamides is 1. The molecule has 1 heterocycles. The molecule has 3 rings (SSSR count). The predicted octanol–water partition coefficient (Wildman–Crippen LogP) is 0.178. The summed E-state index contributed by atoms with van der Waals surface area (Å²) in [4.78, 5) is 40.4. The second-order valence-electron chi connectivity index (χ2n) is 11.1. The molecule has 0 aromatic heterocycles. The van der Waals surface area contributed by atoms with E-state index in [1.165, 1.54) is 33.5 Å². The zero-order valence-electron chi connectivity index (χ0n) is 25.8. The van der Waals surface area contributed by atoms with Crippen molar-refractivity contribution in [1.82, 2.24) is 19.8 Å². The van der Waals surface area contributed by atoms with E-state index in [-0.39, 0.29) is 43.2 Å². The van der Waals surface area contributed by atoms with Crippen LogP contribution in [0.3, 0.4) is 0 Å². The van der Waals surface area contributed by atoms with Crippen molar-refractivity contribution in [3.8, 4) is 0 Å². The van der Waals surface area contributed by atoms with Crippen LogP contribution in [0.5, 0.6) is 0 Å². The molecule has 9 N–H and O–H groups in total. The van der Waals surface area contributed by atoms with Gasteiger partial charge in [-0.25, -0.2) is 8.42 Å². The number of benzene rings is 2. The van der Waals surface area contributed by atoms with E-state index in [1.807, 2.05) is 0 Å². The molecule has 47 heavy (non-hydrogen) atoms. The quantitative estimate of drug-likeness (QED) is 0.151. The van der Waals surface area contributed by atoms with Crippen LogP contribution in [-0.2, 0) is 37.1 Å². The first kappa shape index (κ1) is 37.8. The SMILES string of the molecule is NCCN(CCN)C(=O)C[C@H](N)C(=O)N[C@H](C(=O)NCc1ccc(S(=O)(=O)N2CCCCC2)cc1)[C@H](O)c1ccc(C(F)(F)F)cc1. The highest BCUT2D eigenvalue weighted by Crippen LogP contribution is 2.30. The Morgan fingerprint density at radius 2 is 1.49 bits per heavy atom. The monoisotopic (exact) mass is 685 g/mol. The van der Waals surface area contributed by atoms with Gasteiger partial charge in [0.15, 0.2) is 0 Å². The summed E-state index contributed by atoms with van der Waals surface area (Å²) in [6, 6.07) is 6.05. The highest BCUT2D eigenvalue weighted by molar-refractivity contribution is 7.89. The number of aliphatic hydroxyl groups is 1. The third-order valence-electron chi connectivity index (χ3n) is 7.70. The summed E-state index contributed by atoms with van der Waals surface area (Å²) in [5, 5.41) is 15.9. The van der Waals surface area contributed by atoms with Gasteiger partial charge in [0, 0.05) is 45.8 Å². The van der Waals surface area contributed by atoms with E-state index < -0.39 is 64.1 Å². The van der Waals surface area contributed by atoms with Gasteiger partial charge in [0.1, 0.15) is 12.1 Å². The summed E-state index contributed by atoms with van der Waals surface area (Å²) in [5.41, 5.74) is 16.4. The van der Waals surface area contributed by atoms with E-state index in [4.69, 9.17) is 17.2 Å². The molecule has 2 aromatic rings. The van der Waals surface area contributed by atoms with Gasteiger partial charge < -0.3 is 37.8 Å². The van der Waals surface area contributed by atoms with E-state index in [9.17, 15) is 41.1 Å². The lowest BCUT2D eigenvalue weighted by Crippen LogP contribution is -2.55. The van der Waals surface area contributed by atoms with E-state index in [0.717, 1.165) is 43.5 Å². The molecular formula is C30H42F3N7O6S. The lowest BCUT2D eigenvalue weighted by molar-refractivity contribution is -0.138. The number of nitrogens with zero attached hydrogens (tertiary/aromatic N) is 2. The van der Waals surface area contributed by atoms with E-state index in [2.05, 4.69) is 10.6 Å². The molecule has 1 saturated heterocycles. The number of piperidine rings is 1. The molecule has 0 saturated carbocycles. The van der Waals surface area contributed by atoms with Crippen LogP contribution in [0, 0.1) is 0 Å². The number of aliphatic hydroxyl groups excluding tert-OH is 1. The fraction of sp³-hybridized carbons (Fsp3) is 0.500. The molecule has 1 fully saturated rings. The van der Waals surface area contributed by atoms with Crippen molar-refractivity contribution in [2.24, 2.45) is 17.2 Å². The molecule has 3 atom stereocenters. The summed E-state index contributed by atoms with van der Waals surface area (Å²) in [7, 11) is -3.68. The molecule has 1 aliphatic rings. The van der Waals surface area contributed by atoms with Gasteiger partial charge in [0.25, 0.3) is 0 Å². The summed E-state index contributed by atoms with van der Waals surface area (Å²) in [6.07, 6.45) is -4.40. The van der Waals surface area contributed by atoms with Crippen LogP contribution in [0.25, 0.3) is 0 Å². The number of nitrogens with one attached hydrogen (secondary N) is 2. The summed E-state index contributed by atoms with van der Waals surface area (Å²) >= 11 is 0. The Labute approximate surface area is 271 Å². The van der Waals surface area contributed by atoms with Crippen molar-refractivity contribution >= 4 is 27.7 Å². The second kappa shape index (κ2) is 17.0. The van der Waals surface area contributed by atoms with Crippen LogP contribution < -0.4 is 27.8 Å².